The van der Waals surface area contributed by atoms with E-state index >= 15 is 0 Å². The molecule has 2 bridgehead atoms. The van der Waals surface area contributed by atoms with E-state index in [-0.39, 0.29) is 0 Å². The first-order valence-electron chi connectivity index (χ1n) is 8.37. The topological polar surface area (TPSA) is 21.3 Å². The van der Waals surface area contributed by atoms with E-state index in [9.17, 15) is 0 Å². The zero-order valence-corrected chi connectivity index (χ0v) is 13.0. The van der Waals surface area contributed by atoms with Crippen molar-refractivity contribution in [2.75, 3.05) is 13.2 Å². The molecule has 1 heterocycles. The van der Waals surface area contributed by atoms with Gasteiger partial charge in [0.25, 0.3) is 0 Å². The molecular formula is C17H31NO. The van der Waals surface area contributed by atoms with Crippen LogP contribution in [0.1, 0.15) is 65.7 Å². The van der Waals surface area contributed by atoms with E-state index in [0.29, 0.717) is 16.9 Å². The van der Waals surface area contributed by atoms with Crippen LogP contribution < -0.4 is 5.32 Å². The van der Waals surface area contributed by atoms with Crippen molar-refractivity contribution in [1.82, 2.24) is 5.32 Å². The summed E-state index contributed by atoms with van der Waals surface area (Å²) < 4.78 is 5.71. The highest BCUT2D eigenvalue weighted by molar-refractivity contribution is 5.11. The second kappa shape index (κ2) is 5.04. The molecule has 3 rings (SSSR count). The van der Waals surface area contributed by atoms with Crippen LogP contribution in [0.15, 0.2) is 0 Å². The Kier molecular flexibility index (Phi) is 3.68. The van der Waals surface area contributed by atoms with Crippen molar-refractivity contribution >= 4 is 0 Å². The summed E-state index contributed by atoms with van der Waals surface area (Å²) in [4.78, 5) is 0. The van der Waals surface area contributed by atoms with E-state index in [2.05, 4.69) is 26.1 Å². The van der Waals surface area contributed by atoms with Crippen LogP contribution in [0, 0.1) is 16.7 Å². The first kappa shape index (κ1) is 13.9. The second-order valence-electron chi connectivity index (χ2n) is 8.08. The Bertz CT molecular complexity index is 316. The molecule has 0 amide bonds. The monoisotopic (exact) mass is 265 g/mol. The lowest BCUT2D eigenvalue weighted by molar-refractivity contribution is 0.0940. The van der Waals surface area contributed by atoms with Crippen LogP contribution in [0.3, 0.4) is 0 Å². The molecule has 1 N–H and O–H groups in total. The second-order valence-corrected chi connectivity index (χ2v) is 8.08. The number of rotatable bonds is 5. The SMILES string of the molecule is CC12CCC(C1)C(C)(C)C2NCCCC1CCCO1. The third-order valence-electron chi connectivity index (χ3n) is 6.35. The maximum absolute atomic E-state index is 5.71. The maximum atomic E-state index is 5.71. The molecule has 2 saturated carbocycles. The minimum atomic E-state index is 0.497. The van der Waals surface area contributed by atoms with Crippen molar-refractivity contribution in [3.05, 3.63) is 0 Å². The van der Waals surface area contributed by atoms with Gasteiger partial charge in [0.1, 0.15) is 0 Å². The van der Waals surface area contributed by atoms with Crippen LogP contribution in [0.4, 0.5) is 0 Å². The van der Waals surface area contributed by atoms with Gasteiger partial charge in [-0.1, -0.05) is 20.8 Å². The number of hydrogen-bond donors (Lipinski definition) is 1. The van der Waals surface area contributed by atoms with Crippen molar-refractivity contribution in [3.63, 3.8) is 0 Å². The van der Waals surface area contributed by atoms with E-state index in [1.807, 2.05) is 0 Å². The molecule has 0 aromatic carbocycles. The van der Waals surface area contributed by atoms with Crippen molar-refractivity contribution in [3.8, 4) is 0 Å². The third kappa shape index (κ3) is 2.47. The van der Waals surface area contributed by atoms with E-state index in [1.165, 1.54) is 51.5 Å². The molecule has 1 saturated heterocycles. The quantitative estimate of drug-likeness (QED) is 0.764. The zero-order chi connectivity index (χ0) is 13.5. The largest absolute Gasteiger partial charge is 0.378 e. The fourth-order valence-electron chi connectivity index (χ4n) is 5.26. The first-order valence-corrected chi connectivity index (χ1v) is 8.37. The first-order chi connectivity index (χ1) is 9.02. The minimum absolute atomic E-state index is 0.497. The highest BCUT2D eigenvalue weighted by atomic mass is 16.5. The summed E-state index contributed by atoms with van der Waals surface area (Å²) in [6, 6.07) is 0.725. The van der Waals surface area contributed by atoms with Gasteiger partial charge in [-0.3, -0.25) is 0 Å². The Morgan fingerprint density at radius 1 is 1.21 bits per heavy atom. The van der Waals surface area contributed by atoms with E-state index in [0.717, 1.165) is 18.6 Å². The maximum Gasteiger partial charge on any atom is 0.0576 e. The highest BCUT2D eigenvalue weighted by Gasteiger charge is 2.58. The van der Waals surface area contributed by atoms with Gasteiger partial charge >= 0.3 is 0 Å². The molecule has 4 unspecified atom stereocenters. The predicted octanol–water partition coefficient (Wildman–Crippen LogP) is 3.75. The number of ether oxygens (including phenoxy) is 1. The summed E-state index contributed by atoms with van der Waals surface area (Å²) in [6.07, 6.45) is 9.98. The molecular weight excluding hydrogens is 234 g/mol. The van der Waals surface area contributed by atoms with Gasteiger partial charge in [-0.2, -0.15) is 0 Å². The minimum Gasteiger partial charge on any atom is -0.378 e. The van der Waals surface area contributed by atoms with E-state index in [4.69, 9.17) is 4.74 Å². The fourth-order valence-corrected chi connectivity index (χ4v) is 5.26. The Morgan fingerprint density at radius 2 is 2.05 bits per heavy atom. The van der Waals surface area contributed by atoms with Crippen LogP contribution in [-0.2, 0) is 4.74 Å². The number of fused-ring (bicyclic) bond motifs is 2. The van der Waals surface area contributed by atoms with Crippen molar-refractivity contribution in [2.24, 2.45) is 16.7 Å². The third-order valence-corrected chi connectivity index (χ3v) is 6.35. The molecule has 3 fully saturated rings. The molecule has 0 aromatic heterocycles. The van der Waals surface area contributed by atoms with Gasteiger partial charge in [-0.05, 0) is 68.2 Å². The molecule has 110 valence electrons. The molecule has 0 aromatic rings. The normalized spacial score (nSPS) is 44.1. The molecule has 19 heavy (non-hydrogen) atoms. The van der Waals surface area contributed by atoms with E-state index in [1.54, 1.807) is 0 Å². The molecule has 2 heteroatoms. The summed E-state index contributed by atoms with van der Waals surface area (Å²) >= 11 is 0. The predicted molar refractivity (Wildman–Crippen MR) is 79.2 cm³/mol. The lowest BCUT2D eigenvalue weighted by atomic mass is 9.68. The Morgan fingerprint density at radius 3 is 2.68 bits per heavy atom. The van der Waals surface area contributed by atoms with Crippen LogP contribution in [-0.4, -0.2) is 25.3 Å². The summed E-state index contributed by atoms with van der Waals surface area (Å²) in [5, 5.41) is 3.91. The highest BCUT2D eigenvalue weighted by Crippen LogP contribution is 2.62. The van der Waals surface area contributed by atoms with Crippen LogP contribution in [0.2, 0.25) is 0 Å². The Balaban J connectivity index is 1.46. The zero-order valence-electron chi connectivity index (χ0n) is 13.0. The molecule has 3 aliphatic rings. The van der Waals surface area contributed by atoms with Gasteiger partial charge in [-0.25, -0.2) is 0 Å². The molecule has 0 radical (unpaired) electrons. The van der Waals surface area contributed by atoms with Gasteiger partial charge in [0.05, 0.1) is 6.10 Å². The summed E-state index contributed by atoms with van der Waals surface area (Å²) in [7, 11) is 0. The molecule has 2 aliphatic carbocycles. The van der Waals surface area contributed by atoms with Gasteiger partial charge in [0.15, 0.2) is 0 Å². The standard InChI is InChI=1S/C17H31NO/c1-16(2)13-8-9-17(3,12-13)15(16)18-10-4-6-14-7-5-11-19-14/h13-15,18H,4-12H2,1-3H3. The average molecular weight is 265 g/mol. The number of hydrogen-bond acceptors (Lipinski definition) is 2. The smallest absolute Gasteiger partial charge is 0.0576 e. The van der Waals surface area contributed by atoms with E-state index < -0.39 is 0 Å². The molecule has 1 aliphatic heterocycles. The summed E-state index contributed by atoms with van der Waals surface area (Å²) in [6.45, 7) is 9.66. The molecule has 4 atom stereocenters. The summed E-state index contributed by atoms with van der Waals surface area (Å²) in [5.41, 5.74) is 1.06. The fraction of sp³-hybridized carbons (Fsp3) is 1.00. The lowest BCUT2D eigenvalue weighted by Crippen LogP contribution is -2.50. The Labute approximate surface area is 118 Å². The molecule has 2 nitrogen and oxygen atoms in total. The average Bonchev–Trinajstić information content (AvgIpc) is 3.01. The number of nitrogens with one attached hydrogen (secondary N) is 1. The molecule has 0 spiro atoms. The van der Waals surface area contributed by atoms with Gasteiger partial charge < -0.3 is 10.1 Å². The summed E-state index contributed by atoms with van der Waals surface area (Å²) in [5.74, 6) is 0.952. The van der Waals surface area contributed by atoms with Crippen LogP contribution in [0.25, 0.3) is 0 Å². The van der Waals surface area contributed by atoms with Gasteiger partial charge in [0.2, 0.25) is 0 Å². The van der Waals surface area contributed by atoms with Crippen molar-refractivity contribution in [1.29, 1.82) is 0 Å². The van der Waals surface area contributed by atoms with Crippen molar-refractivity contribution in [2.45, 2.75) is 77.9 Å². The van der Waals surface area contributed by atoms with Gasteiger partial charge in [0, 0.05) is 12.6 Å². The van der Waals surface area contributed by atoms with Crippen molar-refractivity contribution < 1.29 is 4.74 Å². The Hall–Kier alpha value is -0.0800. The van der Waals surface area contributed by atoms with Gasteiger partial charge in [-0.15, -0.1) is 0 Å². The van der Waals surface area contributed by atoms with Crippen LogP contribution in [0.5, 0.6) is 0 Å². The lowest BCUT2D eigenvalue weighted by Gasteiger charge is -2.43. The van der Waals surface area contributed by atoms with Crippen LogP contribution >= 0.6 is 0 Å².